The Labute approximate surface area is 84.1 Å². The first-order chi connectivity index (χ1) is 6.34. The minimum absolute atomic E-state index is 1.07. The highest BCUT2D eigenvalue weighted by Gasteiger charge is 2.31. The zero-order valence-electron chi connectivity index (χ0n) is 9.52. The number of unbranched alkanes of at least 4 members (excludes halogenated alkanes) is 6. The van der Waals surface area contributed by atoms with Crippen LogP contribution in [0.25, 0.3) is 0 Å². The molecule has 0 amide bonds. The molecule has 0 nitrogen and oxygen atoms in total. The van der Waals surface area contributed by atoms with Gasteiger partial charge in [-0.05, 0) is 18.3 Å². The lowest BCUT2D eigenvalue weighted by atomic mass is 10.1. The molecule has 1 aliphatic rings. The summed E-state index contributed by atoms with van der Waals surface area (Å²) >= 11 is 0. The maximum absolute atomic E-state index is 2.39. The van der Waals surface area contributed by atoms with E-state index in [4.69, 9.17) is 0 Å². The Morgan fingerprint density at radius 2 is 1.46 bits per heavy atom. The Bertz CT molecular complexity index is 117. The number of rotatable bonds is 8. The molecule has 0 aliphatic heterocycles. The van der Waals surface area contributed by atoms with E-state index in [1.54, 1.807) is 0 Å². The molecule has 0 aromatic rings. The van der Waals surface area contributed by atoms with Crippen molar-refractivity contribution < 1.29 is 0 Å². The van der Waals surface area contributed by atoms with Crippen LogP contribution >= 0.6 is 0 Å². The van der Waals surface area contributed by atoms with Crippen molar-refractivity contribution in [2.24, 2.45) is 11.8 Å². The first-order valence-electron chi connectivity index (χ1n) is 6.34. The van der Waals surface area contributed by atoms with E-state index < -0.39 is 0 Å². The van der Waals surface area contributed by atoms with Crippen molar-refractivity contribution in [2.75, 3.05) is 0 Å². The van der Waals surface area contributed by atoms with Crippen molar-refractivity contribution in [3.05, 3.63) is 0 Å². The lowest BCUT2D eigenvalue weighted by Gasteiger charge is -2.00. The van der Waals surface area contributed by atoms with Crippen molar-refractivity contribution in [3.8, 4) is 0 Å². The minimum atomic E-state index is 1.07. The van der Waals surface area contributed by atoms with E-state index in [0.29, 0.717) is 0 Å². The second-order valence-corrected chi connectivity index (χ2v) is 4.88. The van der Waals surface area contributed by atoms with Gasteiger partial charge in [0.1, 0.15) is 0 Å². The largest absolute Gasteiger partial charge is 0.0654 e. The molecule has 0 spiro atoms. The van der Waals surface area contributed by atoms with Crippen LogP contribution in [0.3, 0.4) is 0 Å². The lowest BCUT2D eigenvalue weighted by molar-refractivity contribution is 0.548. The maximum Gasteiger partial charge on any atom is -0.0386 e. The molecule has 0 aromatic heterocycles. The van der Waals surface area contributed by atoms with Gasteiger partial charge in [-0.25, -0.2) is 0 Å². The molecule has 1 aliphatic carbocycles. The predicted molar refractivity (Wildman–Crippen MR) is 59.9 cm³/mol. The molecule has 0 heteroatoms. The summed E-state index contributed by atoms with van der Waals surface area (Å²) in [6.45, 7) is 4.68. The Morgan fingerprint density at radius 1 is 0.923 bits per heavy atom. The van der Waals surface area contributed by atoms with Gasteiger partial charge in [-0.1, -0.05) is 65.2 Å². The van der Waals surface area contributed by atoms with Crippen molar-refractivity contribution in [1.29, 1.82) is 0 Å². The topological polar surface area (TPSA) is 0 Å². The SMILES string of the molecule is CCCCCCCCCC1CC1C. The number of hydrogen-bond donors (Lipinski definition) is 0. The van der Waals surface area contributed by atoms with E-state index in [1.165, 1.54) is 57.8 Å². The van der Waals surface area contributed by atoms with Crippen LogP contribution in [0, 0.1) is 11.8 Å². The maximum atomic E-state index is 2.39. The molecule has 1 saturated carbocycles. The van der Waals surface area contributed by atoms with E-state index in [-0.39, 0.29) is 0 Å². The predicted octanol–water partition coefficient (Wildman–Crippen LogP) is 4.78. The Balaban J connectivity index is 1.69. The summed E-state index contributed by atoms with van der Waals surface area (Å²) in [6, 6.07) is 0. The van der Waals surface area contributed by atoms with Crippen molar-refractivity contribution in [2.45, 2.75) is 71.6 Å². The summed E-state index contributed by atoms with van der Waals surface area (Å²) in [6.07, 6.45) is 13.3. The Hall–Kier alpha value is 0. The molecule has 13 heavy (non-hydrogen) atoms. The molecule has 78 valence electrons. The van der Waals surface area contributed by atoms with Gasteiger partial charge < -0.3 is 0 Å². The van der Waals surface area contributed by atoms with Gasteiger partial charge in [0.25, 0.3) is 0 Å². The Kier molecular flexibility index (Phi) is 5.50. The third-order valence-corrected chi connectivity index (χ3v) is 3.45. The first-order valence-corrected chi connectivity index (χ1v) is 6.34. The highest BCUT2D eigenvalue weighted by molar-refractivity contribution is 4.81. The monoisotopic (exact) mass is 182 g/mol. The van der Waals surface area contributed by atoms with Crippen molar-refractivity contribution in [3.63, 3.8) is 0 Å². The molecule has 0 heterocycles. The fourth-order valence-electron chi connectivity index (χ4n) is 2.16. The van der Waals surface area contributed by atoms with Crippen LogP contribution in [-0.4, -0.2) is 0 Å². The summed E-state index contributed by atoms with van der Waals surface area (Å²) in [5.41, 5.74) is 0. The van der Waals surface area contributed by atoms with Crippen LogP contribution in [0.2, 0.25) is 0 Å². The second-order valence-electron chi connectivity index (χ2n) is 4.88. The average molecular weight is 182 g/mol. The summed E-state index contributed by atoms with van der Waals surface area (Å²) in [5.74, 6) is 2.19. The highest BCUT2D eigenvalue weighted by Crippen LogP contribution is 2.41. The summed E-state index contributed by atoms with van der Waals surface area (Å²) in [5, 5.41) is 0. The highest BCUT2D eigenvalue weighted by atomic mass is 14.4. The quantitative estimate of drug-likeness (QED) is 0.474. The van der Waals surface area contributed by atoms with Gasteiger partial charge in [0, 0.05) is 0 Å². The first kappa shape index (κ1) is 11.1. The summed E-state index contributed by atoms with van der Waals surface area (Å²) in [4.78, 5) is 0. The van der Waals surface area contributed by atoms with Crippen LogP contribution in [-0.2, 0) is 0 Å². The normalized spacial score (nSPS) is 26.3. The summed E-state index contributed by atoms with van der Waals surface area (Å²) < 4.78 is 0. The molecule has 0 N–H and O–H groups in total. The van der Waals surface area contributed by atoms with E-state index in [2.05, 4.69) is 13.8 Å². The van der Waals surface area contributed by atoms with Crippen LogP contribution in [0.5, 0.6) is 0 Å². The zero-order chi connectivity index (χ0) is 9.52. The average Bonchev–Trinajstić information content (AvgIpc) is 2.81. The van der Waals surface area contributed by atoms with E-state index >= 15 is 0 Å². The number of hydrogen-bond acceptors (Lipinski definition) is 0. The molecule has 2 unspecified atom stereocenters. The van der Waals surface area contributed by atoms with Gasteiger partial charge in [-0.2, -0.15) is 0 Å². The van der Waals surface area contributed by atoms with Crippen LogP contribution in [0.15, 0.2) is 0 Å². The molecule has 0 saturated heterocycles. The molecule has 1 fully saturated rings. The second kappa shape index (κ2) is 6.45. The van der Waals surface area contributed by atoms with Gasteiger partial charge >= 0.3 is 0 Å². The van der Waals surface area contributed by atoms with Crippen LogP contribution in [0.1, 0.15) is 71.6 Å². The van der Waals surface area contributed by atoms with Crippen molar-refractivity contribution in [1.82, 2.24) is 0 Å². The van der Waals surface area contributed by atoms with Gasteiger partial charge in [0.2, 0.25) is 0 Å². The van der Waals surface area contributed by atoms with Gasteiger partial charge in [0.15, 0.2) is 0 Å². The van der Waals surface area contributed by atoms with Crippen molar-refractivity contribution >= 4 is 0 Å². The smallest absolute Gasteiger partial charge is 0.0386 e. The van der Waals surface area contributed by atoms with Gasteiger partial charge in [0.05, 0.1) is 0 Å². The molecular weight excluding hydrogens is 156 g/mol. The van der Waals surface area contributed by atoms with Gasteiger partial charge in [-0.3, -0.25) is 0 Å². The minimum Gasteiger partial charge on any atom is -0.0654 e. The fourth-order valence-corrected chi connectivity index (χ4v) is 2.16. The van der Waals surface area contributed by atoms with E-state index in [9.17, 15) is 0 Å². The third-order valence-electron chi connectivity index (χ3n) is 3.45. The molecule has 0 aromatic carbocycles. The van der Waals surface area contributed by atoms with E-state index in [1.807, 2.05) is 0 Å². The lowest BCUT2D eigenvalue weighted by Crippen LogP contribution is -1.82. The fraction of sp³-hybridized carbons (Fsp3) is 1.00. The molecule has 0 bridgehead atoms. The third kappa shape index (κ3) is 5.33. The summed E-state index contributed by atoms with van der Waals surface area (Å²) in [7, 11) is 0. The molecule has 0 radical (unpaired) electrons. The Morgan fingerprint density at radius 3 is 2.00 bits per heavy atom. The van der Waals surface area contributed by atoms with E-state index in [0.717, 1.165) is 11.8 Å². The van der Waals surface area contributed by atoms with Gasteiger partial charge in [-0.15, -0.1) is 0 Å². The standard InChI is InChI=1S/C13H26/c1-3-4-5-6-7-8-9-10-13-11-12(13)2/h12-13H,3-11H2,1-2H3. The van der Waals surface area contributed by atoms with Crippen LogP contribution in [0.4, 0.5) is 0 Å². The van der Waals surface area contributed by atoms with Crippen LogP contribution < -0.4 is 0 Å². The molecule has 1 rings (SSSR count). The molecular formula is C13H26. The zero-order valence-corrected chi connectivity index (χ0v) is 9.52. The molecule has 2 atom stereocenters.